The van der Waals surface area contributed by atoms with Crippen molar-refractivity contribution in [1.82, 2.24) is 14.7 Å². The van der Waals surface area contributed by atoms with E-state index in [0.29, 0.717) is 18.2 Å². The molecule has 2 aromatic rings. The van der Waals surface area contributed by atoms with Crippen LogP contribution in [0.4, 0.5) is 5.69 Å². The summed E-state index contributed by atoms with van der Waals surface area (Å²) in [5, 5.41) is 24.5. The molecule has 9 nitrogen and oxygen atoms in total. The van der Waals surface area contributed by atoms with E-state index in [4.69, 9.17) is 4.42 Å². The molecule has 0 amide bonds. The van der Waals surface area contributed by atoms with E-state index in [1.54, 1.807) is 6.92 Å². The summed E-state index contributed by atoms with van der Waals surface area (Å²) in [5.41, 5.74) is 0.473. The number of rotatable bonds is 5. The van der Waals surface area contributed by atoms with Crippen molar-refractivity contribution in [1.29, 1.82) is 0 Å². The van der Waals surface area contributed by atoms with E-state index >= 15 is 0 Å². The molecule has 25 heavy (non-hydrogen) atoms. The highest BCUT2D eigenvalue weighted by atomic mass is 16.6. The van der Waals surface area contributed by atoms with Gasteiger partial charge in [0.15, 0.2) is 0 Å². The van der Waals surface area contributed by atoms with Crippen LogP contribution in [0.2, 0.25) is 0 Å². The van der Waals surface area contributed by atoms with Gasteiger partial charge in [-0.05, 0) is 37.8 Å². The molecule has 3 rings (SSSR count). The Kier molecular flexibility index (Phi) is 4.95. The molecule has 1 aliphatic rings. The van der Waals surface area contributed by atoms with Crippen molar-refractivity contribution in [3.8, 4) is 11.5 Å². The van der Waals surface area contributed by atoms with Crippen molar-refractivity contribution < 1.29 is 14.4 Å². The maximum atomic E-state index is 12.0. The zero-order valence-electron chi connectivity index (χ0n) is 13.9. The van der Waals surface area contributed by atoms with Crippen molar-refractivity contribution in [3.05, 3.63) is 44.9 Å². The molecule has 0 saturated carbocycles. The lowest BCUT2D eigenvalue weighted by Crippen LogP contribution is -2.39. The van der Waals surface area contributed by atoms with E-state index in [2.05, 4.69) is 10.00 Å². The van der Waals surface area contributed by atoms with Gasteiger partial charge in [-0.2, -0.15) is 4.68 Å². The minimum absolute atomic E-state index is 0.0356. The van der Waals surface area contributed by atoms with Gasteiger partial charge in [-0.25, -0.2) is 4.79 Å². The molecule has 134 valence electrons. The number of aliphatic hydroxyl groups excluding tert-OH is 1. The first-order valence-electron chi connectivity index (χ1n) is 8.17. The van der Waals surface area contributed by atoms with Gasteiger partial charge in [0.05, 0.1) is 11.0 Å². The third kappa shape index (κ3) is 3.94. The number of aromatic nitrogens is 2. The van der Waals surface area contributed by atoms with E-state index in [0.717, 1.165) is 25.9 Å². The highest BCUT2D eigenvalue weighted by Gasteiger charge is 2.23. The van der Waals surface area contributed by atoms with Gasteiger partial charge in [-0.15, -0.1) is 5.10 Å². The summed E-state index contributed by atoms with van der Waals surface area (Å²) < 4.78 is 6.41. The monoisotopic (exact) mass is 348 g/mol. The van der Waals surface area contributed by atoms with Crippen LogP contribution in [-0.2, 0) is 6.67 Å². The molecule has 1 fully saturated rings. The van der Waals surface area contributed by atoms with Gasteiger partial charge in [-0.1, -0.05) is 0 Å². The Bertz CT molecular complexity index is 788. The second-order valence-electron chi connectivity index (χ2n) is 6.31. The molecule has 1 atom stereocenters. The van der Waals surface area contributed by atoms with Crippen LogP contribution in [0.3, 0.4) is 0 Å². The first-order valence-corrected chi connectivity index (χ1v) is 8.17. The first kappa shape index (κ1) is 17.3. The summed E-state index contributed by atoms with van der Waals surface area (Å²) in [6.45, 7) is 3.68. The van der Waals surface area contributed by atoms with Crippen molar-refractivity contribution in [3.63, 3.8) is 0 Å². The van der Waals surface area contributed by atoms with Crippen LogP contribution >= 0.6 is 0 Å². The Hall–Kier alpha value is -2.52. The Morgan fingerprint density at radius 1 is 1.36 bits per heavy atom. The summed E-state index contributed by atoms with van der Waals surface area (Å²) in [7, 11) is 0. The average molecular weight is 348 g/mol. The van der Waals surface area contributed by atoms with Crippen molar-refractivity contribution >= 4 is 5.69 Å². The van der Waals surface area contributed by atoms with Gasteiger partial charge in [0.2, 0.25) is 5.89 Å². The predicted molar refractivity (Wildman–Crippen MR) is 88.8 cm³/mol. The molecule has 9 heteroatoms. The number of likely N-dealkylation sites (tertiary alicyclic amines) is 1. The van der Waals surface area contributed by atoms with Crippen molar-refractivity contribution in [2.24, 2.45) is 5.92 Å². The van der Waals surface area contributed by atoms with Crippen LogP contribution in [0.5, 0.6) is 0 Å². The van der Waals surface area contributed by atoms with Crippen LogP contribution in [0.25, 0.3) is 11.5 Å². The summed E-state index contributed by atoms with van der Waals surface area (Å²) in [5.74, 6) is -0.134. The molecule has 0 aliphatic carbocycles. The Labute approximate surface area is 143 Å². The number of aliphatic hydroxyl groups is 1. The predicted octanol–water partition coefficient (Wildman–Crippen LogP) is 1.46. The van der Waals surface area contributed by atoms with E-state index in [1.807, 2.05) is 0 Å². The molecule has 0 bridgehead atoms. The molecule has 2 heterocycles. The van der Waals surface area contributed by atoms with Gasteiger partial charge in [0.1, 0.15) is 6.67 Å². The molecule has 0 spiro atoms. The topological polar surface area (TPSA) is 115 Å². The summed E-state index contributed by atoms with van der Waals surface area (Å²) in [4.78, 5) is 24.3. The van der Waals surface area contributed by atoms with Gasteiger partial charge < -0.3 is 9.52 Å². The number of hydrogen-bond acceptors (Lipinski definition) is 7. The Morgan fingerprint density at radius 2 is 2.00 bits per heavy atom. The number of piperidine rings is 1. The molecule has 1 aromatic heterocycles. The lowest BCUT2D eigenvalue weighted by Gasteiger charge is -2.32. The highest BCUT2D eigenvalue weighted by molar-refractivity contribution is 5.55. The fourth-order valence-corrected chi connectivity index (χ4v) is 3.00. The maximum Gasteiger partial charge on any atom is 0.438 e. The van der Waals surface area contributed by atoms with Gasteiger partial charge >= 0.3 is 5.76 Å². The van der Waals surface area contributed by atoms with E-state index in [1.165, 1.54) is 28.9 Å². The van der Waals surface area contributed by atoms with Gasteiger partial charge in [0, 0.05) is 30.8 Å². The van der Waals surface area contributed by atoms with Crippen LogP contribution in [0, 0.1) is 16.0 Å². The second kappa shape index (κ2) is 7.16. The molecule has 1 saturated heterocycles. The number of nitro groups is 1. The number of hydrogen-bond donors (Lipinski definition) is 1. The molecule has 1 aromatic carbocycles. The number of nitrogens with zero attached hydrogens (tertiary/aromatic N) is 4. The third-order valence-corrected chi connectivity index (χ3v) is 4.58. The largest absolute Gasteiger partial charge is 0.438 e. The van der Waals surface area contributed by atoms with Crippen molar-refractivity contribution in [2.75, 3.05) is 13.1 Å². The Morgan fingerprint density at radius 3 is 2.56 bits per heavy atom. The maximum absolute atomic E-state index is 12.0. The van der Waals surface area contributed by atoms with Crippen LogP contribution in [-0.4, -0.2) is 43.9 Å². The SMILES string of the molecule is CC(O)C1CCN(Cn2nc(-c3ccc([N+](=O)[O-])cc3)oc2=O)CC1. The molecule has 1 N–H and O–H groups in total. The van der Waals surface area contributed by atoms with Crippen LogP contribution < -0.4 is 5.76 Å². The number of benzene rings is 1. The van der Waals surface area contributed by atoms with Gasteiger partial charge in [0.25, 0.3) is 5.69 Å². The standard InChI is InChI=1S/C16H20N4O5/c1-11(21)12-6-8-18(9-7-12)10-19-16(22)25-15(17-19)13-2-4-14(5-3-13)20(23)24/h2-5,11-12,21H,6-10H2,1H3. The minimum Gasteiger partial charge on any atom is -0.393 e. The van der Waals surface area contributed by atoms with E-state index in [9.17, 15) is 20.0 Å². The normalized spacial score (nSPS) is 17.5. The highest BCUT2D eigenvalue weighted by Crippen LogP contribution is 2.22. The zero-order chi connectivity index (χ0) is 18.0. The van der Waals surface area contributed by atoms with Crippen LogP contribution in [0.1, 0.15) is 19.8 Å². The van der Waals surface area contributed by atoms with E-state index in [-0.39, 0.29) is 17.7 Å². The summed E-state index contributed by atoms with van der Waals surface area (Å²) in [6, 6.07) is 5.69. The van der Waals surface area contributed by atoms with Crippen molar-refractivity contribution in [2.45, 2.75) is 32.5 Å². The molecule has 1 aliphatic heterocycles. The average Bonchev–Trinajstić information content (AvgIpc) is 2.96. The minimum atomic E-state index is -0.564. The Balaban J connectivity index is 1.69. The third-order valence-electron chi connectivity index (χ3n) is 4.58. The fourth-order valence-electron chi connectivity index (χ4n) is 3.00. The lowest BCUT2D eigenvalue weighted by molar-refractivity contribution is -0.384. The lowest BCUT2D eigenvalue weighted by atomic mass is 9.92. The molecule has 1 unspecified atom stereocenters. The first-order chi connectivity index (χ1) is 11.9. The summed E-state index contributed by atoms with van der Waals surface area (Å²) in [6.07, 6.45) is 1.43. The smallest absolute Gasteiger partial charge is 0.393 e. The quantitative estimate of drug-likeness (QED) is 0.642. The van der Waals surface area contributed by atoms with E-state index < -0.39 is 10.7 Å². The molecule has 0 radical (unpaired) electrons. The van der Waals surface area contributed by atoms with Crippen LogP contribution in [0.15, 0.2) is 33.5 Å². The zero-order valence-corrected chi connectivity index (χ0v) is 13.9. The number of nitro benzene ring substituents is 1. The fraction of sp³-hybridized carbons (Fsp3) is 0.500. The number of non-ortho nitro benzene ring substituents is 1. The summed E-state index contributed by atoms with van der Waals surface area (Å²) >= 11 is 0. The van der Waals surface area contributed by atoms with Gasteiger partial charge in [-0.3, -0.25) is 15.0 Å². The molecular formula is C16H20N4O5. The molecular weight excluding hydrogens is 328 g/mol. The second-order valence-corrected chi connectivity index (χ2v) is 6.31.